The van der Waals surface area contributed by atoms with E-state index in [0.717, 1.165) is 6.42 Å². The van der Waals surface area contributed by atoms with E-state index in [-0.39, 0.29) is 10.9 Å². The Balaban J connectivity index is 3.08. The summed E-state index contributed by atoms with van der Waals surface area (Å²) >= 11 is 1.37. The first kappa shape index (κ1) is 13.7. The van der Waals surface area contributed by atoms with E-state index < -0.39 is 4.92 Å². The first-order valence-electron chi connectivity index (χ1n) is 5.46. The number of nitrogens with zero attached hydrogens (tertiary/aromatic N) is 3. The summed E-state index contributed by atoms with van der Waals surface area (Å²) in [6.45, 7) is 6.58. The Morgan fingerprint density at radius 2 is 2.24 bits per heavy atom. The number of thioether (sulfide) groups is 1. The highest BCUT2D eigenvalue weighted by molar-refractivity contribution is 7.99. The van der Waals surface area contributed by atoms with Crippen molar-refractivity contribution in [1.82, 2.24) is 9.97 Å². The van der Waals surface area contributed by atoms with Crippen molar-refractivity contribution < 1.29 is 4.92 Å². The predicted octanol–water partition coefficient (Wildman–Crippen LogP) is 2.71. The zero-order valence-electron chi connectivity index (χ0n) is 10.1. The van der Waals surface area contributed by atoms with E-state index in [0.29, 0.717) is 17.4 Å². The molecule has 6 nitrogen and oxygen atoms in total. The van der Waals surface area contributed by atoms with Crippen LogP contribution >= 0.6 is 11.8 Å². The molecule has 1 aromatic rings. The lowest BCUT2D eigenvalue weighted by atomic mass is 10.4. The van der Waals surface area contributed by atoms with E-state index in [1.165, 1.54) is 18.1 Å². The van der Waals surface area contributed by atoms with Crippen LogP contribution in [0.15, 0.2) is 11.4 Å². The van der Waals surface area contributed by atoms with Gasteiger partial charge in [-0.2, -0.15) is 0 Å². The molecule has 1 N–H and O–H groups in total. The normalized spacial score (nSPS) is 10.6. The summed E-state index contributed by atoms with van der Waals surface area (Å²) in [4.78, 5) is 18.5. The standard InChI is InChI=1S/C10H16N4O2S/c1-4-5-11-9-8(14(15)16)10(13-6-12-9)17-7(2)3/h6-7H,4-5H2,1-3H3,(H,11,12,13). The molecule has 0 bridgehead atoms. The zero-order valence-corrected chi connectivity index (χ0v) is 11.0. The summed E-state index contributed by atoms with van der Waals surface area (Å²) in [6.07, 6.45) is 2.24. The van der Waals surface area contributed by atoms with Crippen LogP contribution in [0.5, 0.6) is 0 Å². The van der Waals surface area contributed by atoms with E-state index in [1.807, 2.05) is 20.8 Å². The Hall–Kier alpha value is -1.37. The lowest BCUT2D eigenvalue weighted by Gasteiger charge is -2.08. The number of hydrogen-bond donors (Lipinski definition) is 1. The third kappa shape index (κ3) is 3.85. The molecule has 1 rings (SSSR count). The predicted molar refractivity (Wildman–Crippen MR) is 68.5 cm³/mol. The van der Waals surface area contributed by atoms with Gasteiger partial charge in [0.1, 0.15) is 6.33 Å². The number of rotatable bonds is 6. The molecule has 7 heteroatoms. The quantitative estimate of drug-likeness (QED) is 0.365. The molecule has 0 radical (unpaired) electrons. The van der Waals surface area contributed by atoms with E-state index in [1.54, 1.807) is 0 Å². The average molecular weight is 256 g/mol. The average Bonchev–Trinajstić information content (AvgIpc) is 2.25. The summed E-state index contributed by atoms with van der Waals surface area (Å²) in [5, 5.41) is 14.7. The van der Waals surface area contributed by atoms with Gasteiger partial charge in [0, 0.05) is 11.8 Å². The minimum atomic E-state index is -0.428. The Bertz CT molecular complexity index is 398. The molecule has 0 saturated carbocycles. The van der Waals surface area contributed by atoms with Crippen LogP contribution in [0.2, 0.25) is 0 Å². The zero-order chi connectivity index (χ0) is 12.8. The lowest BCUT2D eigenvalue weighted by molar-refractivity contribution is -0.387. The van der Waals surface area contributed by atoms with Crippen molar-refractivity contribution in [2.45, 2.75) is 37.5 Å². The van der Waals surface area contributed by atoms with Crippen LogP contribution < -0.4 is 5.32 Å². The fourth-order valence-corrected chi connectivity index (χ4v) is 2.05. The van der Waals surface area contributed by atoms with E-state index in [9.17, 15) is 10.1 Å². The molecule has 1 aromatic heterocycles. The Kier molecular flexibility index (Phi) is 5.14. The third-order valence-corrected chi connectivity index (χ3v) is 2.85. The molecule has 0 fully saturated rings. The summed E-state index contributed by atoms with van der Waals surface area (Å²) in [6, 6.07) is 0. The molecule has 1 heterocycles. The molecule has 17 heavy (non-hydrogen) atoms. The number of anilines is 1. The van der Waals surface area contributed by atoms with E-state index >= 15 is 0 Å². The number of nitro groups is 1. The van der Waals surface area contributed by atoms with Gasteiger partial charge in [0.25, 0.3) is 0 Å². The molecule has 94 valence electrons. The molecular formula is C10H16N4O2S. The third-order valence-electron chi connectivity index (χ3n) is 1.86. The maximum atomic E-state index is 11.1. The lowest BCUT2D eigenvalue weighted by Crippen LogP contribution is -2.07. The van der Waals surface area contributed by atoms with Crippen molar-refractivity contribution in [1.29, 1.82) is 0 Å². The second kappa shape index (κ2) is 6.39. The second-order valence-corrected chi connectivity index (χ2v) is 5.29. The van der Waals surface area contributed by atoms with Crippen molar-refractivity contribution >= 4 is 23.3 Å². The van der Waals surface area contributed by atoms with Crippen LogP contribution in [0.25, 0.3) is 0 Å². The van der Waals surface area contributed by atoms with Gasteiger partial charge in [-0.3, -0.25) is 10.1 Å². The molecule has 0 unspecified atom stereocenters. The first-order chi connectivity index (χ1) is 8.06. The Labute approximate surface area is 104 Å². The molecule has 0 spiro atoms. The maximum Gasteiger partial charge on any atom is 0.343 e. The first-order valence-corrected chi connectivity index (χ1v) is 6.34. The van der Waals surface area contributed by atoms with Gasteiger partial charge in [0.15, 0.2) is 5.03 Å². The molecule has 0 aliphatic heterocycles. The van der Waals surface area contributed by atoms with Crippen molar-refractivity contribution in [2.24, 2.45) is 0 Å². The molecule has 0 aliphatic rings. The summed E-state index contributed by atoms with van der Waals surface area (Å²) in [5.41, 5.74) is -0.0281. The highest BCUT2D eigenvalue weighted by Crippen LogP contribution is 2.34. The monoisotopic (exact) mass is 256 g/mol. The van der Waals surface area contributed by atoms with Crippen LogP contribution in [0.4, 0.5) is 11.5 Å². The minimum absolute atomic E-state index is 0.0281. The number of nitrogens with one attached hydrogen (secondary N) is 1. The van der Waals surface area contributed by atoms with Crippen molar-refractivity contribution in [2.75, 3.05) is 11.9 Å². The van der Waals surface area contributed by atoms with Gasteiger partial charge in [-0.25, -0.2) is 9.97 Å². The van der Waals surface area contributed by atoms with Crippen molar-refractivity contribution in [3.05, 3.63) is 16.4 Å². The van der Waals surface area contributed by atoms with E-state index in [4.69, 9.17) is 0 Å². The SMILES string of the molecule is CCCNc1ncnc(SC(C)C)c1[N+](=O)[O-]. The van der Waals surface area contributed by atoms with Gasteiger partial charge < -0.3 is 5.32 Å². The molecule has 0 atom stereocenters. The topological polar surface area (TPSA) is 81.0 Å². The number of hydrogen-bond acceptors (Lipinski definition) is 6. The van der Waals surface area contributed by atoms with Crippen molar-refractivity contribution in [3.63, 3.8) is 0 Å². The van der Waals surface area contributed by atoms with E-state index in [2.05, 4.69) is 15.3 Å². The van der Waals surface area contributed by atoms with Gasteiger partial charge in [-0.1, -0.05) is 32.5 Å². The highest BCUT2D eigenvalue weighted by Gasteiger charge is 2.23. The minimum Gasteiger partial charge on any atom is -0.364 e. The maximum absolute atomic E-state index is 11.1. The largest absolute Gasteiger partial charge is 0.364 e. The van der Waals surface area contributed by atoms with Gasteiger partial charge in [0.05, 0.1) is 4.92 Å². The van der Waals surface area contributed by atoms with Gasteiger partial charge in [-0.15, -0.1) is 0 Å². The molecule has 0 aromatic carbocycles. The molecule has 0 aliphatic carbocycles. The molecule has 0 amide bonds. The fraction of sp³-hybridized carbons (Fsp3) is 0.600. The van der Waals surface area contributed by atoms with Crippen LogP contribution in [0, 0.1) is 10.1 Å². The van der Waals surface area contributed by atoms with Crippen LogP contribution in [0.3, 0.4) is 0 Å². The summed E-state index contributed by atoms with van der Waals surface area (Å²) in [5.74, 6) is 0.301. The van der Waals surface area contributed by atoms with Crippen LogP contribution in [-0.4, -0.2) is 26.7 Å². The summed E-state index contributed by atoms with van der Waals surface area (Å²) in [7, 11) is 0. The smallest absolute Gasteiger partial charge is 0.343 e. The van der Waals surface area contributed by atoms with Gasteiger partial charge in [0.2, 0.25) is 5.82 Å². The molecule has 0 saturated heterocycles. The highest BCUT2D eigenvalue weighted by atomic mass is 32.2. The van der Waals surface area contributed by atoms with Crippen LogP contribution in [-0.2, 0) is 0 Å². The Morgan fingerprint density at radius 3 is 2.76 bits per heavy atom. The van der Waals surface area contributed by atoms with Gasteiger partial charge >= 0.3 is 5.69 Å². The molecular weight excluding hydrogens is 240 g/mol. The second-order valence-electron chi connectivity index (χ2n) is 3.73. The fourth-order valence-electron chi connectivity index (χ4n) is 1.21. The van der Waals surface area contributed by atoms with Crippen molar-refractivity contribution in [3.8, 4) is 0 Å². The summed E-state index contributed by atoms with van der Waals surface area (Å²) < 4.78 is 0. The van der Waals surface area contributed by atoms with Crippen LogP contribution in [0.1, 0.15) is 27.2 Å². The van der Waals surface area contributed by atoms with Gasteiger partial charge in [-0.05, 0) is 6.42 Å². The Morgan fingerprint density at radius 1 is 1.53 bits per heavy atom. The number of aromatic nitrogens is 2.